The lowest BCUT2D eigenvalue weighted by molar-refractivity contribution is 0.0471. The molecule has 0 N–H and O–H groups in total. The van der Waals surface area contributed by atoms with Gasteiger partial charge in [0.15, 0.2) is 0 Å². The van der Waals surface area contributed by atoms with Crippen LogP contribution in [0.25, 0.3) is 0 Å². The summed E-state index contributed by atoms with van der Waals surface area (Å²) < 4.78 is 10.6. The van der Waals surface area contributed by atoms with Crippen molar-refractivity contribution in [1.29, 1.82) is 0 Å². The lowest BCUT2D eigenvalue weighted by atomic mass is 10.0. The molecule has 0 aromatic carbocycles. The molecule has 2 nitrogen and oxygen atoms in total. The van der Waals surface area contributed by atoms with Gasteiger partial charge >= 0.3 is 0 Å². The Bertz CT molecular complexity index is 90.1. The van der Waals surface area contributed by atoms with Crippen molar-refractivity contribution in [3.63, 3.8) is 0 Å². The predicted molar refractivity (Wildman–Crippen MR) is 56.0 cm³/mol. The first-order valence-corrected chi connectivity index (χ1v) is 5.50. The number of hydrogen-bond acceptors (Lipinski definition) is 2. The SMILES string of the molecule is CCOCCOCCC(CC)CC. The van der Waals surface area contributed by atoms with Crippen molar-refractivity contribution in [2.24, 2.45) is 5.92 Å². The molecule has 0 saturated carbocycles. The number of rotatable bonds is 9. The van der Waals surface area contributed by atoms with Crippen LogP contribution < -0.4 is 0 Å². The van der Waals surface area contributed by atoms with E-state index in [9.17, 15) is 0 Å². The highest BCUT2D eigenvalue weighted by Crippen LogP contribution is 2.11. The van der Waals surface area contributed by atoms with Crippen LogP contribution in [0.1, 0.15) is 40.0 Å². The van der Waals surface area contributed by atoms with Crippen LogP contribution in [-0.4, -0.2) is 26.4 Å². The van der Waals surface area contributed by atoms with Crippen molar-refractivity contribution in [3.8, 4) is 0 Å². The van der Waals surface area contributed by atoms with E-state index in [0.717, 1.165) is 32.3 Å². The first-order valence-electron chi connectivity index (χ1n) is 5.50. The molecule has 80 valence electrons. The molecule has 0 radical (unpaired) electrons. The summed E-state index contributed by atoms with van der Waals surface area (Å²) >= 11 is 0. The molecule has 0 heterocycles. The van der Waals surface area contributed by atoms with Gasteiger partial charge in [0.1, 0.15) is 0 Å². The Morgan fingerprint density at radius 1 is 0.846 bits per heavy atom. The third kappa shape index (κ3) is 8.26. The van der Waals surface area contributed by atoms with Crippen LogP contribution in [0.5, 0.6) is 0 Å². The summed E-state index contributed by atoms with van der Waals surface area (Å²) in [6, 6.07) is 0. The number of ether oxygens (including phenoxy) is 2. The van der Waals surface area contributed by atoms with E-state index in [-0.39, 0.29) is 0 Å². The fourth-order valence-electron chi connectivity index (χ4n) is 1.31. The van der Waals surface area contributed by atoms with Gasteiger partial charge < -0.3 is 9.47 Å². The summed E-state index contributed by atoms with van der Waals surface area (Å²) in [4.78, 5) is 0. The minimum atomic E-state index is 0.736. The molecule has 13 heavy (non-hydrogen) atoms. The van der Waals surface area contributed by atoms with Crippen molar-refractivity contribution in [2.75, 3.05) is 26.4 Å². The maximum atomic E-state index is 5.44. The highest BCUT2D eigenvalue weighted by molar-refractivity contribution is 4.53. The van der Waals surface area contributed by atoms with Crippen LogP contribution in [0, 0.1) is 5.92 Å². The Morgan fingerprint density at radius 2 is 1.46 bits per heavy atom. The molecule has 0 bridgehead atoms. The van der Waals surface area contributed by atoms with Gasteiger partial charge in [-0.3, -0.25) is 0 Å². The fraction of sp³-hybridized carbons (Fsp3) is 1.00. The normalized spacial score (nSPS) is 11.1. The number of hydrogen-bond donors (Lipinski definition) is 0. The van der Waals surface area contributed by atoms with Gasteiger partial charge in [-0.25, -0.2) is 0 Å². The Hall–Kier alpha value is -0.0800. The molecule has 0 saturated heterocycles. The second kappa shape index (κ2) is 10.0. The third-order valence-corrected chi connectivity index (χ3v) is 2.40. The Labute approximate surface area is 82.6 Å². The highest BCUT2D eigenvalue weighted by atomic mass is 16.5. The summed E-state index contributed by atoms with van der Waals surface area (Å²) in [6.45, 7) is 9.65. The molecule has 0 amide bonds. The molecule has 0 unspecified atom stereocenters. The molecule has 0 spiro atoms. The average Bonchev–Trinajstić information content (AvgIpc) is 2.17. The van der Waals surface area contributed by atoms with Crippen molar-refractivity contribution in [3.05, 3.63) is 0 Å². The molecule has 0 aliphatic carbocycles. The van der Waals surface area contributed by atoms with Crippen molar-refractivity contribution >= 4 is 0 Å². The fourth-order valence-corrected chi connectivity index (χ4v) is 1.31. The predicted octanol–water partition coefficient (Wildman–Crippen LogP) is 2.87. The molecular formula is C11H24O2. The van der Waals surface area contributed by atoms with Gasteiger partial charge in [-0.15, -0.1) is 0 Å². The van der Waals surface area contributed by atoms with Gasteiger partial charge in [-0.2, -0.15) is 0 Å². The third-order valence-electron chi connectivity index (χ3n) is 2.40. The second-order valence-corrected chi connectivity index (χ2v) is 3.28. The van der Waals surface area contributed by atoms with E-state index < -0.39 is 0 Å². The lowest BCUT2D eigenvalue weighted by Gasteiger charge is -2.11. The van der Waals surface area contributed by atoms with E-state index in [0.29, 0.717) is 0 Å². The lowest BCUT2D eigenvalue weighted by Crippen LogP contribution is -2.08. The van der Waals surface area contributed by atoms with Crippen LogP contribution in [-0.2, 0) is 9.47 Å². The van der Waals surface area contributed by atoms with Gasteiger partial charge in [-0.05, 0) is 19.3 Å². The zero-order chi connectivity index (χ0) is 9.94. The maximum Gasteiger partial charge on any atom is 0.0700 e. The van der Waals surface area contributed by atoms with Gasteiger partial charge in [0.25, 0.3) is 0 Å². The largest absolute Gasteiger partial charge is 0.379 e. The molecule has 0 aliphatic heterocycles. The quantitative estimate of drug-likeness (QED) is 0.518. The second-order valence-electron chi connectivity index (χ2n) is 3.28. The van der Waals surface area contributed by atoms with Crippen LogP contribution in [0.4, 0.5) is 0 Å². The molecule has 0 aromatic rings. The summed E-state index contributed by atoms with van der Waals surface area (Å²) in [7, 11) is 0. The topological polar surface area (TPSA) is 18.5 Å². The van der Waals surface area contributed by atoms with Crippen molar-refractivity contribution < 1.29 is 9.47 Å². The first kappa shape index (κ1) is 12.9. The zero-order valence-corrected chi connectivity index (χ0v) is 9.34. The Balaban J connectivity index is 3.05. The van der Waals surface area contributed by atoms with E-state index in [2.05, 4.69) is 13.8 Å². The van der Waals surface area contributed by atoms with Gasteiger partial charge in [0.2, 0.25) is 0 Å². The smallest absolute Gasteiger partial charge is 0.0700 e. The molecule has 0 fully saturated rings. The van der Waals surface area contributed by atoms with Crippen LogP contribution in [0.15, 0.2) is 0 Å². The van der Waals surface area contributed by atoms with Crippen LogP contribution in [0.3, 0.4) is 0 Å². The van der Waals surface area contributed by atoms with Gasteiger partial charge in [-0.1, -0.05) is 26.7 Å². The van der Waals surface area contributed by atoms with Crippen molar-refractivity contribution in [1.82, 2.24) is 0 Å². The van der Waals surface area contributed by atoms with E-state index in [1.807, 2.05) is 6.92 Å². The summed E-state index contributed by atoms with van der Waals surface area (Å²) in [5.41, 5.74) is 0. The standard InChI is InChI=1S/C11H24O2/c1-4-11(5-2)7-8-13-10-9-12-6-3/h11H,4-10H2,1-3H3. The monoisotopic (exact) mass is 188 g/mol. The van der Waals surface area contributed by atoms with E-state index in [1.54, 1.807) is 0 Å². The minimum absolute atomic E-state index is 0.736. The van der Waals surface area contributed by atoms with E-state index in [1.165, 1.54) is 19.3 Å². The molecule has 0 atom stereocenters. The zero-order valence-electron chi connectivity index (χ0n) is 9.34. The van der Waals surface area contributed by atoms with E-state index in [4.69, 9.17) is 9.47 Å². The Kier molecular flexibility index (Phi) is 9.94. The maximum absolute atomic E-state index is 5.44. The molecule has 0 rings (SSSR count). The Morgan fingerprint density at radius 3 is 2.00 bits per heavy atom. The minimum Gasteiger partial charge on any atom is -0.379 e. The summed E-state index contributed by atoms with van der Waals surface area (Å²) in [6.07, 6.45) is 3.73. The summed E-state index contributed by atoms with van der Waals surface area (Å²) in [5, 5.41) is 0. The first-order chi connectivity index (χ1) is 6.35. The summed E-state index contributed by atoms with van der Waals surface area (Å²) in [5.74, 6) is 0.840. The van der Waals surface area contributed by atoms with Crippen molar-refractivity contribution in [2.45, 2.75) is 40.0 Å². The van der Waals surface area contributed by atoms with Gasteiger partial charge in [0.05, 0.1) is 13.2 Å². The molecule has 2 heteroatoms. The highest BCUT2D eigenvalue weighted by Gasteiger charge is 2.02. The molecular weight excluding hydrogens is 164 g/mol. The molecule has 0 aromatic heterocycles. The van der Waals surface area contributed by atoms with Crippen LogP contribution in [0.2, 0.25) is 0 Å². The van der Waals surface area contributed by atoms with Crippen LogP contribution >= 0.6 is 0 Å². The van der Waals surface area contributed by atoms with E-state index >= 15 is 0 Å². The van der Waals surface area contributed by atoms with Gasteiger partial charge in [0, 0.05) is 13.2 Å². The average molecular weight is 188 g/mol. The molecule has 0 aliphatic rings.